The normalized spacial score (nSPS) is 20.1. The van der Waals surface area contributed by atoms with Crippen LogP contribution < -0.4 is 0 Å². The van der Waals surface area contributed by atoms with E-state index in [0.29, 0.717) is 0 Å². The van der Waals surface area contributed by atoms with E-state index < -0.39 is 12.2 Å². The highest BCUT2D eigenvalue weighted by atomic mass is 16.3. The van der Waals surface area contributed by atoms with Crippen LogP contribution in [0.5, 0.6) is 0 Å². The Balaban J connectivity index is 4.34. The van der Waals surface area contributed by atoms with Gasteiger partial charge in [-0.25, -0.2) is 0 Å². The standard InChI is InChI=1S/C11H24O2/c1-7(2)9(12)8(3)10(13)11(4,5)6/h7-10,12-13H,1-6H3. The van der Waals surface area contributed by atoms with Crippen LogP contribution >= 0.6 is 0 Å². The number of aliphatic hydroxyl groups excluding tert-OH is 2. The Hall–Kier alpha value is -0.0800. The first-order chi connectivity index (χ1) is 5.68. The number of hydrogen-bond donors (Lipinski definition) is 2. The van der Waals surface area contributed by atoms with Crippen molar-refractivity contribution in [1.82, 2.24) is 0 Å². The monoisotopic (exact) mass is 188 g/mol. The Labute approximate surface area is 82.0 Å². The first kappa shape index (κ1) is 12.9. The molecule has 0 aromatic carbocycles. The maximum absolute atomic E-state index is 9.91. The van der Waals surface area contributed by atoms with Crippen LogP contribution in [0.4, 0.5) is 0 Å². The van der Waals surface area contributed by atoms with E-state index in [4.69, 9.17) is 0 Å². The second kappa shape index (κ2) is 4.43. The van der Waals surface area contributed by atoms with Gasteiger partial charge in [0.2, 0.25) is 0 Å². The van der Waals surface area contributed by atoms with Crippen LogP contribution in [0.3, 0.4) is 0 Å². The van der Waals surface area contributed by atoms with Gasteiger partial charge in [-0.1, -0.05) is 41.5 Å². The average molecular weight is 188 g/mol. The van der Waals surface area contributed by atoms with Crippen LogP contribution in [-0.2, 0) is 0 Å². The molecule has 13 heavy (non-hydrogen) atoms. The zero-order valence-corrected chi connectivity index (χ0v) is 9.70. The van der Waals surface area contributed by atoms with Gasteiger partial charge in [0.05, 0.1) is 12.2 Å². The summed E-state index contributed by atoms with van der Waals surface area (Å²) in [6.45, 7) is 11.8. The molecule has 80 valence electrons. The Bertz CT molecular complexity index is 147. The highest BCUT2D eigenvalue weighted by molar-refractivity contribution is 4.82. The van der Waals surface area contributed by atoms with Gasteiger partial charge in [0, 0.05) is 5.92 Å². The Morgan fingerprint density at radius 1 is 0.923 bits per heavy atom. The molecule has 0 bridgehead atoms. The summed E-state index contributed by atoms with van der Waals surface area (Å²) < 4.78 is 0. The van der Waals surface area contributed by atoms with Gasteiger partial charge in [-0.2, -0.15) is 0 Å². The molecule has 0 amide bonds. The molecule has 0 saturated heterocycles. The smallest absolute Gasteiger partial charge is 0.0638 e. The topological polar surface area (TPSA) is 40.5 Å². The molecule has 3 atom stereocenters. The zero-order valence-electron chi connectivity index (χ0n) is 9.70. The molecule has 0 saturated carbocycles. The number of aliphatic hydroxyl groups is 2. The predicted octanol–water partition coefficient (Wildman–Crippen LogP) is 2.05. The fraction of sp³-hybridized carbons (Fsp3) is 1.00. The van der Waals surface area contributed by atoms with Crippen LogP contribution in [0.25, 0.3) is 0 Å². The first-order valence-electron chi connectivity index (χ1n) is 5.04. The van der Waals surface area contributed by atoms with Crippen molar-refractivity contribution in [2.75, 3.05) is 0 Å². The summed E-state index contributed by atoms with van der Waals surface area (Å²) in [5, 5.41) is 19.7. The fourth-order valence-corrected chi connectivity index (χ4v) is 1.58. The average Bonchev–Trinajstić information content (AvgIpc) is 1.98. The van der Waals surface area contributed by atoms with Crippen molar-refractivity contribution >= 4 is 0 Å². The summed E-state index contributed by atoms with van der Waals surface area (Å²) in [5.74, 6) is 0.131. The lowest BCUT2D eigenvalue weighted by Crippen LogP contribution is -2.40. The summed E-state index contributed by atoms with van der Waals surface area (Å²) in [6.07, 6.45) is -0.876. The molecule has 2 nitrogen and oxygen atoms in total. The van der Waals surface area contributed by atoms with Crippen molar-refractivity contribution in [2.24, 2.45) is 17.3 Å². The highest BCUT2D eigenvalue weighted by Gasteiger charge is 2.32. The van der Waals surface area contributed by atoms with Crippen LogP contribution in [0.2, 0.25) is 0 Å². The molecule has 2 N–H and O–H groups in total. The fourth-order valence-electron chi connectivity index (χ4n) is 1.58. The maximum Gasteiger partial charge on any atom is 0.0638 e. The van der Waals surface area contributed by atoms with Crippen molar-refractivity contribution in [3.63, 3.8) is 0 Å². The quantitative estimate of drug-likeness (QED) is 0.711. The summed E-state index contributed by atoms with van der Waals surface area (Å²) >= 11 is 0. The Kier molecular flexibility index (Phi) is 4.40. The van der Waals surface area contributed by atoms with Gasteiger partial charge in [-0.3, -0.25) is 0 Å². The Morgan fingerprint density at radius 2 is 1.31 bits per heavy atom. The van der Waals surface area contributed by atoms with E-state index in [0.717, 1.165) is 0 Å². The van der Waals surface area contributed by atoms with E-state index in [1.807, 2.05) is 41.5 Å². The molecule has 0 aliphatic carbocycles. The molecule has 0 spiro atoms. The lowest BCUT2D eigenvalue weighted by Gasteiger charge is -2.34. The van der Waals surface area contributed by atoms with E-state index >= 15 is 0 Å². The summed E-state index contributed by atoms with van der Waals surface area (Å²) in [6, 6.07) is 0. The summed E-state index contributed by atoms with van der Waals surface area (Å²) in [5.41, 5.74) is -0.157. The molecule has 0 aliphatic heterocycles. The lowest BCUT2D eigenvalue weighted by molar-refractivity contribution is -0.0501. The number of rotatable bonds is 3. The molecule has 0 rings (SSSR count). The third-order valence-electron chi connectivity index (χ3n) is 2.61. The van der Waals surface area contributed by atoms with E-state index in [9.17, 15) is 10.2 Å². The minimum atomic E-state index is -0.454. The van der Waals surface area contributed by atoms with Crippen molar-refractivity contribution < 1.29 is 10.2 Å². The predicted molar refractivity (Wildman–Crippen MR) is 55.5 cm³/mol. The molecule has 0 aromatic heterocycles. The third kappa shape index (κ3) is 3.65. The van der Waals surface area contributed by atoms with Crippen molar-refractivity contribution in [3.05, 3.63) is 0 Å². The largest absolute Gasteiger partial charge is 0.392 e. The number of hydrogen-bond acceptors (Lipinski definition) is 2. The van der Waals surface area contributed by atoms with E-state index in [1.165, 1.54) is 0 Å². The molecule has 0 heterocycles. The molecular formula is C11H24O2. The first-order valence-corrected chi connectivity index (χ1v) is 5.04. The van der Waals surface area contributed by atoms with Gasteiger partial charge in [-0.15, -0.1) is 0 Å². The van der Waals surface area contributed by atoms with E-state index in [1.54, 1.807) is 0 Å². The summed E-state index contributed by atoms with van der Waals surface area (Å²) in [4.78, 5) is 0. The van der Waals surface area contributed by atoms with Gasteiger partial charge >= 0.3 is 0 Å². The molecule has 0 fully saturated rings. The SMILES string of the molecule is CC(C)C(O)C(C)C(O)C(C)(C)C. The minimum Gasteiger partial charge on any atom is -0.392 e. The van der Waals surface area contributed by atoms with E-state index in [-0.39, 0.29) is 17.3 Å². The van der Waals surface area contributed by atoms with Gasteiger partial charge in [0.15, 0.2) is 0 Å². The second-order valence-corrected chi connectivity index (χ2v) is 5.40. The van der Waals surface area contributed by atoms with Crippen LogP contribution in [-0.4, -0.2) is 22.4 Å². The van der Waals surface area contributed by atoms with Crippen molar-refractivity contribution in [2.45, 2.75) is 53.8 Å². The van der Waals surface area contributed by atoms with E-state index in [2.05, 4.69) is 0 Å². The zero-order chi connectivity index (χ0) is 10.8. The molecule has 0 aliphatic rings. The molecule has 0 radical (unpaired) electrons. The maximum atomic E-state index is 9.91. The second-order valence-electron chi connectivity index (χ2n) is 5.40. The summed E-state index contributed by atoms with van der Waals surface area (Å²) in [7, 11) is 0. The van der Waals surface area contributed by atoms with Gasteiger partial charge < -0.3 is 10.2 Å². The van der Waals surface area contributed by atoms with Crippen LogP contribution in [0.15, 0.2) is 0 Å². The van der Waals surface area contributed by atoms with Gasteiger partial charge in [0.1, 0.15) is 0 Å². The highest BCUT2D eigenvalue weighted by Crippen LogP contribution is 2.28. The van der Waals surface area contributed by atoms with Gasteiger partial charge in [0.25, 0.3) is 0 Å². The van der Waals surface area contributed by atoms with Crippen molar-refractivity contribution in [3.8, 4) is 0 Å². The molecular weight excluding hydrogens is 164 g/mol. The Morgan fingerprint density at radius 3 is 1.54 bits per heavy atom. The third-order valence-corrected chi connectivity index (χ3v) is 2.61. The lowest BCUT2D eigenvalue weighted by atomic mass is 9.78. The molecule has 0 aromatic rings. The minimum absolute atomic E-state index is 0.0694. The van der Waals surface area contributed by atoms with Crippen LogP contribution in [0, 0.1) is 17.3 Å². The van der Waals surface area contributed by atoms with Crippen molar-refractivity contribution in [1.29, 1.82) is 0 Å². The molecule has 2 heteroatoms. The molecule has 3 unspecified atom stereocenters. The van der Waals surface area contributed by atoms with Gasteiger partial charge in [-0.05, 0) is 11.3 Å². The van der Waals surface area contributed by atoms with Crippen LogP contribution in [0.1, 0.15) is 41.5 Å².